The average Bonchev–Trinajstić information content (AvgIpc) is 2.93. The van der Waals surface area contributed by atoms with Crippen molar-refractivity contribution in [1.29, 1.82) is 0 Å². The fourth-order valence-electron chi connectivity index (χ4n) is 2.73. The summed E-state index contributed by atoms with van der Waals surface area (Å²) in [7, 11) is 0. The Bertz CT molecular complexity index is 619. The third-order valence-electron chi connectivity index (χ3n) is 3.96. The predicted octanol–water partition coefficient (Wildman–Crippen LogP) is 1.87. The van der Waals surface area contributed by atoms with Crippen LogP contribution in [-0.4, -0.2) is 41.0 Å². The molecule has 1 fully saturated rings. The van der Waals surface area contributed by atoms with Gasteiger partial charge in [0, 0.05) is 13.0 Å². The highest BCUT2D eigenvalue weighted by Gasteiger charge is 2.37. The fraction of sp³-hybridized carbons (Fsp3) is 0.500. The van der Waals surface area contributed by atoms with Gasteiger partial charge in [-0.3, -0.25) is 9.59 Å². The molecule has 0 spiro atoms. The number of nitrogens with one attached hydrogen (secondary N) is 1. The minimum Gasteiger partial charge on any atom is -0.391 e. The number of nitrogens with zero attached hydrogens (tertiary/aromatic N) is 1. The highest BCUT2D eigenvalue weighted by atomic mass is 19.4. The lowest BCUT2D eigenvalue weighted by Gasteiger charge is -2.25. The van der Waals surface area contributed by atoms with Crippen molar-refractivity contribution in [2.24, 2.45) is 0 Å². The van der Waals surface area contributed by atoms with Gasteiger partial charge in [0.25, 0.3) is 0 Å². The van der Waals surface area contributed by atoms with E-state index in [1.54, 1.807) is 6.92 Å². The van der Waals surface area contributed by atoms with Gasteiger partial charge in [-0.2, -0.15) is 13.2 Å². The van der Waals surface area contributed by atoms with Crippen LogP contribution in [0.2, 0.25) is 0 Å². The Morgan fingerprint density at radius 1 is 1.38 bits per heavy atom. The van der Waals surface area contributed by atoms with E-state index in [1.165, 1.54) is 17.0 Å². The summed E-state index contributed by atoms with van der Waals surface area (Å²) in [6.45, 7) is 1.43. The van der Waals surface area contributed by atoms with Crippen molar-refractivity contribution in [2.45, 2.75) is 38.1 Å². The smallest absolute Gasteiger partial charge is 0.391 e. The number of carbonyl (C=O) groups excluding carboxylic acids is 2. The molecule has 5 nitrogen and oxygen atoms in total. The Balaban J connectivity index is 2.18. The first-order valence-corrected chi connectivity index (χ1v) is 7.63. The van der Waals surface area contributed by atoms with E-state index < -0.39 is 29.8 Å². The van der Waals surface area contributed by atoms with Gasteiger partial charge < -0.3 is 15.3 Å². The van der Waals surface area contributed by atoms with E-state index in [0.717, 1.165) is 12.1 Å². The molecule has 1 saturated heterocycles. The van der Waals surface area contributed by atoms with Crippen LogP contribution in [0, 0.1) is 0 Å². The molecule has 0 aromatic heterocycles. The van der Waals surface area contributed by atoms with Gasteiger partial charge in [-0.15, -0.1) is 0 Å². The summed E-state index contributed by atoms with van der Waals surface area (Å²) in [5.41, 5.74) is -0.482. The van der Waals surface area contributed by atoms with Crippen LogP contribution >= 0.6 is 0 Å². The van der Waals surface area contributed by atoms with Gasteiger partial charge in [-0.05, 0) is 24.1 Å². The molecule has 2 atom stereocenters. The molecule has 0 aliphatic carbocycles. The summed E-state index contributed by atoms with van der Waals surface area (Å²) in [6.07, 6.45) is -4.89. The van der Waals surface area contributed by atoms with E-state index in [9.17, 15) is 27.9 Å². The summed E-state index contributed by atoms with van der Waals surface area (Å²) in [4.78, 5) is 24.8. The maximum absolute atomic E-state index is 12.9. The molecule has 2 N–H and O–H groups in total. The molecular formula is C16H19F3N2O3. The van der Waals surface area contributed by atoms with E-state index in [1.807, 2.05) is 0 Å². The van der Waals surface area contributed by atoms with E-state index >= 15 is 0 Å². The van der Waals surface area contributed by atoms with Crippen molar-refractivity contribution in [3.63, 3.8) is 0 Å². The van der Waals surface area contributed by atoms with Crippen molar-refractivity contribution < 1.29 is 27.9 Å². The molecule has 1 heterocycles. The first-order chi connectivity index (χ1) is 11.2. The Morgan fingerprint density at radius 2 is 2.08 bits per heavy atom. The normalized spacial score (nSPS) is 21.0. The first-order valence-electron chi connectivity index (χ1n) is 7.63. The first kappa shape index (κ1) is 18.3. The van der Waals surface area contributed by atoms with Crippen LogP contribution in [0.25, 0.3) is 0 Å². The van der Waals surface area contributed by atoms with Gasteiger partial charge in [0.05, 0.1) is 24.3 Å². The van der Waals surface area contributed by atoms with Gasteiger partial charge in [-0.25, -0.2) is 0 Å². The molecule has 8 heteroatoms. The Morgan fingerprint density at radius 3 is 2.71 bits per heavy atom. The Labute approximate surface area is 137 Å². The number of rotatable bonds is 4. The quantitative estimate of drug-likeness (QED) is 0.876. The number of benzene rings is 1. The van der Waals surface area contributed by atoms with Crippen LogP contribution in [-0.2, 0) is 15.8 Å². The zero-order valence-corrected chi connectivity index (χ0v) is 13.1. The lowest BCUT2D eigenvalue weighted by atomic mass is 10.0. The zero-order chi connectivity index (χ0) is 17.9. The third kappa shape index (κ3) is 4.25. The molecule has 0 bridgehead atoms. The van der Waals surface area contributed by atoms with Crippen molar-refractivity contribution in [3.05, 3.63) is 35.4 Å². The van der Waals surface area contributed by atoms with Crippen molar-refractivity contribution >= 4 is 11.8 Å². The largest absolute Gasteiger partial charge is 0.416 e. The molecule has 1 aliphatic rings. The number of hydrogen-bond acceptors (Lipinski definition) is 3. The zero-order valence-electron chi connectivity index (χ0n) is 13.1. The standard InChI is InChI=1S/C16H19F3N2O3/c1-2-14(23)20-8-15(24)21-9-12(22)7-13(21)10-4-3-5-11(6-10)16(17,18)19/h3-6,12-13,22H,2,7-9H2,1H3,(H,20,23). The second kappa shape index (κ2) is 7.21. The number of hydrogen-bond donors (Lipinski definition) is 2. The van der Waals surface area contributed by atoms with Gasteiger partial charge >= 0.3 is 6.18 Å². The van der Waals surface area contributed by atoms with Crippen molar-refractivity contribution in [3.8, 4) is 0 Å². The molecule has 1 aliphatic heterocycles. The maximum atomic E-state index is 12.9. The van der Waals surface area contributed by atoms with Crippen molar-refractivity contribution in [1.82, 2.24) is 10.2 Å². The SMILES string of the molecule is CCC(=O)NCC(=O)N1CC(O)CC1c1cccc(C(F)(F)F)c1. The second-order valence-electron chi connectivity index (χ2n) is 5.70. The second-order valence-corrected chi connectivity index (χ2v) is 5.70. The number of halogens is 3. The van der Waals surface area contributed by atoms with Crippen LogP contribution in [0.15, 0.2) is 24.3 Å². The number of likely N-dealkylation sites (tertiary alicyclic amines) is 1. The van der Waals surface area contributed by atoms with Crippen molar-refractivity contribution in [2.75, 3.05) is 13.1 Å². The molecule has 2 unspecified atom stereocenters. The van der Waals surface area contributed by atoms with Gasteiger partial charge in [0.1, 0.15) is 0 Å². The van der Waals surface area contributed by atoms with Gasteiger partial charge in [0.15, 0.2) is 0 Å². The van der Waals surface area contributed by atoms with E-state index in [-0.39, 0.29) is 31.8 Å². The molecule has 2 amide bonds. The summed E-state index contributed by atoms with van der Waals surface area (Å²) in [5.74, 6) is -0.727. The number of β-amino-alcohol motifs (C(OH)–C–C–N with tert-alkyl or cyclic N) is 1. The number of carbonyl (C=O) groups is 2. The summed E-state index contributed by atoms with van der Waals surface area (Å²) < 4.78 is 38.6. The molecular weight excluding hydrogens is 325 g/mol. The minimum atomic E-state index is -4.48. The topological polar surface area (TPSA) is 69.6 Å². The van der Waals surface area contributed by atoms with Crippen LogP contribution in [0.4, 0.5) is 13.2 Å². The third-order valence-corrected chi connectivity index (χ3v) is 3.96. The Hall–Kier alpha value is -2.09. The molecule has 2 rings (SSSR count). The van der Waals surface area contributed by atoms with Crippen LogP contribution in [0.3, 0.4) is 0 Å². The van der Waals surface area contributed by atoms with Gasteiger partial charge in [0.2, 0.25) is 11.8 Å². The summed E-state index contributed by atoms with van der Waals surface area (Å²) >= 11 is 0. The molecule has 1 aromatic rings. The van der Waals surface area contributed by atoms with Gasteiger partial charge in [-0.1, -0.05) is 19.1 Å². The van der Waals surface area contributed by atoms with E-state index in [2.05, 4.69) is 5.32 Å². The molecule has 1 aromatic carbocycles. The van der Waals surface area contributed by atoms with Crippen LogP contribution in [0.5, 0.6) is 0 Å². The molecule has 0 saturated carbocycles. The predicted molar refractivity (Wildman–Crippen MR) is 79.8 cm³/mol. The maximum Gasteiger partial charge on any atom is 0.416 e. The number of alkyl halides is 3. The highest BCUT2D eigenvalue weighted by Crippen LogP contribution is 2.36. The number of aliphatic hydroxyl groups is 1. The Kier molecular flexibility index (Phi) is 5.48. The lowest BCUT2D eigenvalue weighted by molar-refractivity contribution is -0.137. The summed E-state index contributed by atoms with van der Waals surface area (Å²) in [6, 6.07) is 4.09. The van der Waals surface area contributed by atoms with Crippen LogP contribution in [0.1, 0.15) is 36.9 Å². The monoisotopic (exact) mass is 344 g/mol. The fourth-order valence-corrected chi connectivity index (χ4v) is 2.73. The molecule has 0 radical (unpaired) electrons. The lowest BCUT2D eigenvalue weighted by Crippen LogP contribution is -2.40. The van der Waals surface area contributed by atoms with E-state index in [4.69, 9.17) is 0 Å². The number of amides is 2. The number of aliphatic hydroxyl groups excluding tert-OH is 1. The highest BCUT2D eigenvalue weighted by molar-refractivity contribution is 5.85. The van der Waals surface area contributed by atoms with Crippen LogP contribution < -0.4 is 5.32 Å². The average molecular weight is 344 g/mol. The summed E-state index contributed by atoms with van der Waals surface area (Å²) in [5, 5.41) is 12.3. The molecule has 24 heavy (non-hydrogen) atoms. The molecule has 132 valence electrons. The van der Waals surface area contributed by atoms with E-state index in [0.29, 0.717) is 5.56 Å². The minimum absolute atomic E-state index is 0.0295.